The molecule has 1 unspecified atom stereocenters. The highest BCUT2D eigenvalue weighted by Gasteiger charge is 2.36. The first-order valence-electron chi connectivity index (χ1n) is 6.17. The largest absolute Gasteiger partial charge is 0.468 e. The van der Waals surface area contributed by atoms with Gasteiger partial charge in [-0.05, 0) is 5.92 Å². The van der Waals surface area contributed by atoms with E-state index in [0.29, 0.717) is 25.9 Å². The molecular formula is C13H20O6. The molecule has 1 heterocycles. The normalized spacial score (nSPS) is 20.5. The highest BCUT2D eigenvalue weighted by molar-refractivity contribution is 5.88. The van der Waals surface area contributed by atoms with Gasteiger partial charge in [-0.25, -0.2) is 0 Å². The summed E-state index contributed by atoms with van der Waals surface area (Å²) in [5, 5.41) is 9.35. The van der Waals surface area contributed by atoms with Crippen LogP contribution in [0.2, 0.25) is 0 Å². The molecule has 0 spiro atoms. The molecule has 3 atom stereocenters. The van der Waals surface area contributed by atoms with Crippen molar-refractivity contribution in [3.8, 4) is 0 Å². The van der Waals surface area contributed by atoms with E-state index in [1.54, 1.807) is 0 Å². The number of hydrogen-bond acceptors (Lipinski definition) is 6. The van der Waals surface area contributed by atoms with Crippen molar-refractivity contribution in [3.05, 3.63) is 12.7 Å². The Morgan fingerprint density at radius 1 is 1.53 bits per heavy atom. The molecule has 6 nitrogen and oxygen atoms in total. The first-order chi connectivity index (χ1) is 9.17. The van der Waals surface area contributed by atoms with Crippen molar-refractivity contribution in [3.63, 3.8) is 0 Å². The van der Waals surface area contributed by atoms with Crippen molar-refractivity contribution in [2.24, 2.45) is 17.8 Å². The van der Waals surface area contributed by atoms with Gasteiger partial charge in [-0.15, -0.1) is 6.58 Å². The first-order valence-corrected chi connectivity index (χ1v) is 6.17. The third-order valence-corrected chi connectivity index (χ3v) is 3.30. The molecule has 19 heavy (non-hydrogen) atoms. The minimum atomic E-state index is -0.965. The zero-order chi connectivity index (χ0) is 14.3. The Kier molecular flexibility index (Phi) is 6.69. The Morgan fingerprint density at radius 3 is 2.58 bits per heavy atom. The lowest BCUT2D eigenvalue weighted by atomic mass is 9.80. The molecule has 0 aromatic carbocycles. The molecule has 0 aromatic heterocycles. The zero-order valence-corrected chi connectivity index (χ0v) is 11.0. The lowest BCUT2D eigenvalue weighted by molar-refractivity contribution is -0.151. The maximum Gasteiger partial charge on any atom is 0.316 e. The number of aldehydes is 1. The molecule has 108 valence electrons. The molecule has 1 rings (SSSR count). The van der Waals surface area contributed by atoms with Gasteiger partial charge in [-0.3, -0.25) is 4.79 Å². The van der Waals surface area contributed by atoms with Crippen LogP contribution < -0.4 is 0 Å². The summed E-state index contributed by atoms with van der Waals surface area (Å²) in [7, 11) is 1.22. The Labute approximate surface area is 112 Å². The smallest absolute Gasteiger partial charge is 0.316 e. The van der Waals surface area contributed by atoms with Crippen molar-refractivity contribution >= 4 is 12.3 Å². The fraction of sp³-hybridized carbons (Fsp3) is 0.692. The van der Waals surface area contributed by atoms with E-state index in [1.165, 1.54) is 13.2 Å². The van der Waals surface area contributed by atoms with Crippen LogP contribution in [-0.4, -0.2) is 50.6 Å². The number of carbonyl (C=O) groups is 2. The highest BCUT2D eigenvalue weighted by Crippen LogP contribution is 2.29. The number of hydrogen-bond donors (Lipinski definition) is 1. The van der Waals surface area contributed by atoms with Crippen LogP contribution in [0, 0.1) is 17.8 Å². The molecule has 1 fully saturated rings. The second kappa shape index (κ2) is 8.04. The average molecular weight is 272 g/mol. The average Bonchev–Trinajstić information content (AvgIpc) is 2.93. The van der Waals surface area contributed by atoms with Gasteiger partial charge in [0.1, 0.15) is 12.2 Å². The molecule has 0 aliphatic carbocycles. The lowest BCUT2D eigenvalue weighted by Crippen LogP contribution is -2.35. The molecule has 0 aromatic rings. The van der Waals surface area contributed by atoms with E-state index >= 15 is 0 Å². The van der Waals surface area contributed by atoms with Crippen LogP contribution >= 0.6 is 0 Å². The number of methoxy groups -OCH3 is 1. The first kappa shape index (κ1) is 15.8. The lowest BCUT2D eigenvalue weighted by Gasteiger charge is -2.28. The molecule has 1 aliphatic heterocycles. The summed E-state index contributed by atoms with van der Waals surface area (Å²) in [5.41, 5.74) is 0. The SMILES string of the molecule is C=C[C@@H](CO)[C@H](CC1OCCO1)C(C=O)C(=O)OC. The van der Waals surface area contributed by atoms with Gasteiger partial charge in [-0.1, -0.05) is 6.08 Å². The van der Waals surface area contributed by atoms with Crippen LogP contribution in [0.5, 0.6) is 0 Å². The van der Waals surface area contributed by atoms with Gasteiger partial charge in [0.25, 0.3) is 0 Å². The van der Waals surface area contributed by atoms with Crippen molar-refractivity contribution in [1.29, 1.82) is 0 Å². The van der Waals surface area contributed by atoms with Crippen molar-refractivity contribution in [1.82, 2.24) is 0 Å². The van der Waals surface area contributed by atoms with Crippen molar-refractivity contribution in [2.75, 3.05) is 26.9 Å². The molecule has 6 heteroatoms. The maximum atomic E-state index is 11.6. The molecule has 1 N–H and O–H groups in total. The number of esters is 1. The number of aliphatic hydroxyl groups is 1. The van der Waals surface area contributed by atoms with Crippen LogP contribution in [0.3, 0.4) is 0 Å². The van der Waals surface area contributed by atoms with Crippen LogP contribution in [-0.2, 0) is 23.8 Å². The maximum absolute atomic E-state index is 11.6. The van der Waals surface area contributed by atoms with E-state index < -0.39 is 30.0 Å². The second-order valence-electron chi connectivity index (χ2n) is 4.34. The van der Waals surface area contributed by atoms with Crippen LogP contribution in [0.15, 0.2) is 12.7 Å². The van der Waals surface area contributed by atoms with Crippen LogP contribution in [0.1, 0.15) is 6.42 Å². The predicted molar refractivity (Wildman–Crippen MR) is 66.1 cm³/mol. The van der Waals surface area contributed by atoms with Gasteiger partial charge in [0.05, 0.1) is 20.3 Å². The van der Waals surface area contributed by atoms with Crippen molar-refractivity contribution < 1.29 is 28.9 Å². The summed E-state index contributed by atoms with van der Waals surface area (Å²) in [6.07, 6.45) is 1.93. The summed E-state index contributed by atoms with van der Waals surface area (Å²) in [4.78, 5) is 22.8. The van der Waals surface area contributed by atoms with Gasteiger partial charge in [0.2, 0.25) is 0 Å². The number of ether oxygens (including phenoxy) is 3. The Bertz CT molecular complexity index is 310. The third kappa shape index (κ3) is 4.12. The van der Waals surface area contributed by atoms with Gasteiger partial charge in [0.15, 0.2) is 6.29 Å². The predicted octanol–water partition coefficient (Wildman–Crippen LogP) is 0.148. The summed E-state index contributed by atoms with van der Waals surface area (Å²) in [5.74, 6) is -2.45. The van der Waals surface area contributed by atoms with E-state index in [9.17, 15) is 14.7 Å². The summed E-state index contributed by atoms with van der Waals surface area (Å²) in [6.45, 7) is 4.38. The molecule has 1 saturated heterocycles. The van der Waals surface area contributed by atoms with E-state index in [0.717, 1.165) is 0 Å². The minimum Gasteiger partial charge on any atom is -0.468 e. The monoisotopic (exact) mass is 272 g/mol. The Morgan fingerprint density at radius 2 is 2.16 bits per heavy atom. The molecule has 0 radical (unpaired) electrons. The van der Waals surface area contributed by atoms with Crippen LogP contribution in [0.4, 0.5) is 0 Å². The Hall–Kier alpha value is -1.24. The van der Waals surface area contributed by atoms with Crippen molar-refractivity contribution in [2.45, 2.75) is 12.7 Å². The zero-order valence-electron chi connectivity index (χ0n) is 11.0. The number of carbonyl (C=O) groups excluding carboxylic acids is 2. The van der Waals surface area contributed by atoms with Crippen LogP contribution in [0.25, 0.3) is 0 Å². The Balaban J connectivity index is 2.84. The quantitative estimate of drug-likeness (QED) is 0.293. The second-order valence-corrected chi connectivity index (χ2v) is 4.34. The number of aliphatic hydroxyl groups excluding tert-OH is 1. The highest BCUT2D eigenvalue weighted by atomic mass is 16.7. The fourth-order valence-electron chi connectivity index (χ4n) is 2.21. The fourth-order valence-corrected chi connectivity index (χ4v) is 2.21. The molecule has 0 amide bonds. The summed E-state index contributed by atoms with van der Waals surface area (Å²) in [6, 6.07) is 0. The molecule has 1 aliphatic rings. The minimum absolute atomic E-state index is 0.206. The third-order valence-electron chi connectivity index (χ3n) is 3.30. The summed E-state index contributed by atoms with van der Waals surface area (Å²) < 4.78 is 15.3. The number of rotatable bonds is 8. The standard InChI is InChI=1S/C13H20O6/c1-3-9(7-14)10(6-12-18-4-5-19-12)11(8-15)13(16)17-2/h3,8-12,14H,1,4-7H2,2H3/t9-,10-,11?/m0/s1. The topological polar surface area (TPSA) is 82.1 Å². The van der Waals surface area contributed by atoms with Gasteiger partial charge < -0.3 is 24.1 Å². The van der Waals surface area contributed by atoms with E-state index in [-0.39, 0.29) is 6.61 Å². The van der Waals surface area contributed by atoms with Gasteiger partial charge in [0, 0.05) is 18.9 Å². The van der Waals surface area contributed by atoms with Gasteiger partial charge in [-0.2, -0.15) is 0 Å². The van der Waals surface area contributed by atoms with E-state index in [2.05, 4.69) is 11.3 Å². The molecular weight excluding hydrogens is 252 g/mol. The van der Waals surface area contributed by atoms with E-state index in [1.807, 2.05) is 0 Å². The summed E-state index contributed by atoms with van der Waals surface area (Å²) >= 11 is 0. The molecule has 0 bridgehead atoms. The van der Waals surface area contributed by atoms with E-state index in [4.69, 9.17) is 9.47 Å². The molecule has 0 saturated carbocycles. The van der Waals surface area contributed by atoms with Gasteiger partial charge >= 0.3 is 5.97 Å².